The van der Waals surface area contributed by atoms with E-state index in [4.69, 9.17) is 9.47 Å². The quantitative estimate of drug-likeness (QED) is 0.655. The van der Waals surface area contributed by atoms with Gasteiger partial charge < -0.3 is 9.47 Å². The first-order valence-electron chi connectivity index (χ1n) is 7.22. The van der Waals surface area contributed by atoms with Crippen molar-refractivity contribution in [1.29, 1.82) is 0 Å². The Hall–Kier alpha value is -2.06. The van der Waals surface area contributed by atoms with Gasteiger partial charge in [-0.25, -0.2) is 0 Å². The predicted octanol–water partition coefficient (Wildman–Crippen LogP) is 3.37. The molecule has 6 nitrogen and oxygen atoms in total. The number of methoxy groups -OCH3 is 1. The summed E-state index contributed by atoms with van der Waals surface area (Å²) in [6, 6.07) is 10.3. The van der Waals surface area contributed by atoms with E-state index in [2.05, 4.69) is 42.7 Å². The zero-order valence-electron chi connectivity index (χ0n) is 13.6. The Balaban J connectivity index is 1.85. The van der Waals surface area contributed by atoms with E-state index in [9.17, 15) is 9.59 Å². The number of hydrazine groups is 1. The zero-order valence-corrected chi connectivity index (χ0v) is 16.7. The number of amides is 2. The molecule has 0 saturated carbocycles. The summed E-state index contributed by atoms with van der Waals surface area (Å²) in [6.45, 7) is 1.66. The summed E-state index contributed by atoms with van der Waals surface area (Å²) in [7, 11) is 1.53. The summed E-state index contributed by atoms with van der Waals surface area (Å²) < 4.78 is 12.1. The number of carbonyl (C=O) groups excluding carboxylic acids is 2. The van der Waals surface area contributed by atoms with E-state index < -0.39 is 11.8 Å². The molecule has 0 aliphatic carbocycles. The molecule has 0 heterocycles. The molecule has 0 aliphatic heterocycles. The first kappa shape index (κ1) is 19.3. The van der Waals surface area contributed by atoms with Crippen molar-refractivity contribution in [1.82, 2.24) is 10.9 Å². The van der Waals surface area contributed by atoms with Crippen molar-refractivity contribution in [2.24, 2.45) is 0 Å². The number of hydrogen-bond acceptors (Lipinski definition) is 4. The van der Waals surface area contributed by atoms with E-state index >= 15 is 0 Å². The second kappa shape index (κ2) is 8.87. The summed E-state index contributed by atoms with van der Waals surface area (Å²) in [6.07, 6.45) is 0. The Kier molecular flexibility index (Phi) is 6.83. The highest BCUT2D eigenvalue weighted by atomic mass is 79.9. The minimum Gasteiger partial charge on any atom is -0.496 e. The van der Waals surface area contributed by atoms with E-state index in [0.29, 0.717) is 21.5 Å². The molecule has 2 N–H and O–H groups in total. The lowest BCUT2D eigenvalue weighted by molar-refractivity contribution is -0.123. The second-order valence-electron chi connectivity index (χ2n) is 5.05. The third-order valence-electron chi connectivity index (χ3n) is 3.23. The van der Waals surface area contributed by atoms with E-state index in [1.165, 1.54) is 7.11 Å². The molecular weight excluding hydrogens is 456 g/mol. The molecule has 25 heavy (non-hydrogen) atoms. The van der Waals surface area contributed by atoms with Crippen molar-refractivity contribution in [3.63, 3.8) is 0 Å². The number of halogens is 2. The third-order valence-corrected chi connectivity index (χ3v) is 4.34. The van der Waals surface area contributed by atoms with Crippen LogP contribution in [-0.4, -0.2) is 25.5 Å². The first-order chi connectivity index (χ1) is 11.9. The Morgan fingerprint density at radius 3 is 2.40 bits per heavy atom. The van der Waals surface area contributed by atoms with Gasteiger partial charge in [0.1, 0.15) is 11.5 Å². The molecule has 0 aromatic heterocycles. The number of hydrogen-bond donors (Lipinski definition) is 2. The zero-order chi connectivity index (χ0) is 18.4. The van der Waals surface area contributed by atoms with E-state index in [1.54, 1.807) is 24.3 Å². The number of ether oxygens (including phenoxy) is 2. The van der Waals surface area contributed by atoms with Crippen LogP contribution in [0.15, 0.2) is 45.3 Å². The van der Waals surface area contributed by atoms with Crippen LogP contribution in [0.2, 0.25) is 0 Å². The average molecular weight is 472 g/mol. The van der Waals surface area contributed by atoms with Crippen LogP contribution in [0.1, 0.15) is 15.9 Å². The predicted molar refractivity (Wildman–Crippen MR) is 101 cm³/mol. The number of aryl methyl sites for hydroxylation is 1. The minimum absolute atomic E-state index is 0.213. The third kappa shape index (κ3) is 5.47. The molecule has 2 aromatic carbocycles. The van der Waals surface area contributed by atoms with Gasteiger partial charge in [0.2, 0.25) is 0 Å². The van der Waals surface area contributed by atoms with Gasteiger partial charge in [-0.2, -0.15) is 0 Å². The Morgan fingerprint density at radius 1 is 1.04 bits per heavy atom. The van der Waals surface area contributed by atoms with Gasteiger partial charge in [0.15, 0.2) is 6.61 Å². The van der Waals surface area contributed by atoms with E-state index in [0.717, 1.165) is 10.0 Å². The summed E-state index contributed by atoms with van der Waals surface area (Å²) in [5, 5.41) is 0. The van der Waals surface area contributed by atoms with Crippen LogP contribution in [0.25, 0.3) is 0 Å². The smallest absolute Gasteiger partial charge is 0.276 e. The molecule has 0 atom stereocenters. The lowest BCUT2D eigenvalue weighted by Crippen LogP contribution is -2.43. The van der Waals surface area contributed by atoms with Crippen molar-refractivity contribution >= 4 is 43.7 Å². The number of nitrogens with one attached hydrogen (secondary N) is 2. The van der Waals surface area contributed by atoms with Crippen LogP contribution in [0, 0.1) is 6.92 Å². The standard InChI is InChI=1S/C17H16Br2N2O4/c1-10-7-12(18)4-6-14(10)25-9-16(22)20-21-17(23)11-3-5-15(24-2)13(19)8-11/h3-8H,9H2,1-2H3,(H,20,22)(H,21,23). The molecule has 0 bridgehead atoms. The van der Waals surface area contributed by atoms with Crippen LogP contribution >= 0.6 is 31.9 Å². The van der Waals surface area contributed by atoms with Crippen LogP contribution in [-0.2, 0) is 4.79 Å². The molecule has 0 fully saturated rings. The molecule has 0 aliphatic rings. The summed E-state index contributed by atoms with van der Waals surface area (Å²) in [4.78, 5) is 23.8. The fourth-order valence-electron chi connectivity index (χ4n) is 1.96. The van der Waals surface area contributed by atoms with E-state index in [-0.39, 0.29) is 6.61 Å². The highest BCUT2D eigenvalue weighted by molar-refractivity contribution is 9.10. The van der Waals surface area contributed by atoms with Crippen molar-refractivity contribution in [3.8, 4) is 11.5 Å². The molecule has 2 rings (SSSR count). The fraction of sp³-hybridized carbons (Fsp3) is 0.176. The van der Waals surface area contributed by atoms with Gasteiger partial charge in [0, 0.05) is 10.0 Å². The summed E-state index contributed by atoms with van der Waals surface area (Å²) in [5.41, 5.74) is 5.92. The molecule has 8 heteroatoms. The minimum atomic E-state index is -0.469. The van der Waals surface area contributed by atoms with Gasteiger partial charge in [-0.3, -0.25) is 20.4 Å². The highest BCUT2D eigenvalue weighted by Crippen LogP contribution is 2.25. The maximum atomic E-state index is 12.0. The molecular formula is C17H16Br2N2O4. The van der Waals surface area contributed by atoms with Crippen molar-refractivity contribution in [3.05, 3.63) is 56.5 Å². The normalized spacial score (nSPS) is 10.1. The van der Waals surface area contributed by atoms with E-state index in [1.807, 2.05) is 19.1 Å². The summed E-state index contributed by atoms with van der Waals surface area (Å²) in [5.74, 6) is 0.294. The Labute approximate surface area is 162 Å². The molecule has 2 amide bonds. The maximum absolute atomic E-state index is 12.0. The maximum Gasteiger partial charge on any atom is 0.276 e. The molecule has 0 saturated heterocycles. The fourth-order valence-corrected chi connectivity index (χ4v) is 2.98. The van der Waals surface area contributed by atoms with Gasteiger partial charge in [-0.05, 0) is 64.8 Å². The molecule has 132 valence electrons. The van der Waals surface area contributed by atoms with Crippen LogP contribution < -0.4 is 20.3 Å². The number of benzene rings is 2. The second-order valence-corrected chi connectivity index (χ2v) is 6.82. The topological polar surface area (TPSA) is 76.7 Å². The average Bonchev–Trinajstić information content (AvgIpc) is 2.58. The SMILES string of the molecule is COc1ccc(C(=O)NNC(=O)COc2ccc(Br)cc2C)cc1Br. The summed E-state index contributed by atoms with van der Waals surface area (Å²) >= 11 is 6.66. The monoisotopic (exact) mass is 470 g/mol. The molecule has 2 aromatic rings. The van der Waals surface area contributed by atoms with Crippen molar-refractivity contribution in [2.75, 3.05) is 13.7 Å². The lowest BCUT2D eigenvalue weighted by atomic mass is 10.2. The molecule has 0 spiro atoms. The van der Waals surface area contributed by atoms with Gasteiger partial charge in [-0.1, -0.05) is 15.9 Å². The van der Waals surface area contributed by atoms with Gasteiger partial charge in [-0.15, -0.1) is 0 Å². The molecule has 0 unspecified atom stereocenters. The van der Waals surface area contributed by atoms with Crippen molar-refractivity contribution in [2.45, 2.75) is 6.92 Å². The first-order valence-corrected chi connectivity index (χ1v) is 8.81. The Morgan fingerprint density at radius 2 is 1.76 bits per heavy atom. The number of rotatable bonds is 5. The van der Waals surface area contributed by atoms with Gasteiger partial charge >= 0.3 is 0 Å². The lowest BCUT2D eigenvalue weighted by Gasteiger charge is -2.11. The Bertz CT molecular complexity index is 796. The van der Waals surface area contributed by atoms with Gasteiger partial charge in [0.05, 0.1) is 11.6 Å². The van der Waals surface area contributed by atoms with Crippen LogP contribution in [0.3, 0.4) is 0 Å². The van der Waals surface area contributed by atoms with Gasteiger partial charge in [0.25, 0.3) is 11.8 Å². The number of carbonyl (C=O) groups is 2. The molecule has 0 radical (unpaired) electrons. The largest absolute Gasteiger partial charge is 0.496 e. The van der Waals surface area contributed by atoms with Crippen molar-refractivity contribution < 1.29 is 19.1 Å². The highest BCUT2D eigenvalue weighted by Gasteiger charge is 2.11. The van der Waals surface area contributed by atoms with Crippen LogP contribution in [0.4, 0.5) is 0 Å². The van der Waals surface area contributed by atoms with Crippen LogP contribution in [0.5, 0.6) is 11.5 Å².